The van der Waals surface area contributed by atoms with Crippen molar-refractivity contribution in [1.82, 2.24) is 0 Å². The molecule has 0 saturated carbocycles. The summed E-state index contributed by atoms with van der Waals surface area (Å²) in [6.07, 6.45) is -1.14. The second-order valence-electron chi connectivity index (χ2n) is 3.53. The highest BCUT2D eigenvalue weighted by Crippen LogP contribution is 2.18. The van der Waals surface area contributed by atoms with E-state index in [1.807, 2.05) is 0 Å². The third-order valence-corrected chi connectivity index (χ3v) is 2.21. The predicted octanol–water partition coefficient (Wildman–Crippen LogP) is 1.68. The first-order chi connectivity index (χ1) is 7.54. The number of benzene rings is 1. The summed E-state index contributed by atoms with van der Waals surface area (Å²) in [6.45, 7) is 3.31. The van der Waals surface area contributed by atoms with Crippen LogP contribution in [0.4, 0.5) is 0 Å². The average Bonchev–Trinajstić information content (AvgIpc) is 2.28. The molecule has 1 N–H and O–H groups in total. The van der Waals surface area contributed by atoms with Gasteiger partial charge in [0.1, 0.15) is 5.75 Å². The number of aliphatic hydroxyl groups excluding tert-OH is 1. The van der Waals surface area contributed by atoms with Crippen LogP contribution in [0.25, 0.3) is 0 Å². The fraction of sp³-hybridized carbons (Fsp3) is 0.417. The van der Waals surface area contributed by atoms with Gasteiger partial charge in [0, 0.05) is 0 Å². The molecule has 0 amide bonds. The van der Waals surface area contributed by atoms with Crippen molar-refractivity contribution in [3.05, 3.63) is 29.8 Å². The van der Waals surface area contributed by atoms with Gasteiger partial charge >= 0.3 is 5.97 Å². The normalized spacial score (nSPS) is 14.0. The highest BCUT2D eigenvalue weighted by Gasteiger charge is 2.14. The SMILES string of the molecule is COC(=O)C(C)Oc1ccc([C@H](C)O)cc1. The number of carbonyl (C=O) groups excluding carboxylic acids is 1. The fourth-order valence-corrected chi connectivity index (χ4v) is 1.24. The van der Waals surface area contributed by atoms with E-state index in [9.17, 15) is 9.90 Å². The van der Waals surface area contributed by atoms with E-state index in [1.165, 1.54) is 7.11 Å². The topological polar surface area (TPSA) is 55.8 Å². The lowest BCUT2D eigenvalue weighted by Crippen LogP contribution is -2.24. The summed E-state index contributed by atoms with van der Waals surface area (Å²) in [5, 5.41) is 9.31. The maximum absolute atomic E-state index is 11.1. The number of ether oxygens (including phenoxy) is 2. The predicted molar refractivity (Wildman–Crippen MR) is 59.2 cm³/mol. The number of carbonyl (C=O) groups is 1. The first-order valence-corrected chi connectivity index (χ1v) is 5.07. The lowest BCUT2D eigenvalue weighted by atomic mass is 10.1. The summed E-state index contributed by atoms with van der Waals surface area (Å²) in [6, 6.07) is 6.93. The van der Waals surface area contributed by atoms with Crippen LogP contribution < -0.4 is 4.74 Å². The third-order valence-electron chi connectivity index (χ3n) is 2.21. The van der Waals surface area contributed by atoms with E-state index in [0.29, 0.717) is 5.75 Å². The van der Waals surface area contributed by atoms with E-state index < -0.39 is 18.2 Å². The third kappa shape index (κ3) is 3.24. The number of hydrogen-bond acceptors (Lipinski definition) is 4. The molecule has 1 rings (SSSR count). The molecular formula is C12H16O4. The largest absolute Gasteiger partial charge is 0.479 e. The average molecular weight is 224 g/mol. The molecule has 1 aromatic rings. The molecule has 4 heteroatoms. The summed E-state index contributed by atoms with van der Waals surface area (Å²) in [7, 11) is 1.32. The van der Waals surface area contributed by atoms with E-state index in [-0.39, 0.29) is 0 Å². The second-order valence-corrected chi connectivity index (χ2v) is 3.53. The first kappa shape index (κ1) is 12.5. The van der Waals surface area contributed by atoms with Crippen LogP contribution in [0, 0.1) is 0 Å². The van der Waals surface area contributed by atoms with Crippen molar-refractivity contribution in [3.63, 3.8) is 0 Å². The molecule has 0 radical (unpaired) electrons. The molecular weight excluding hydrogens is 208 g/mol. The quantitative estimate of drug-likeness (QED) is 0.790. The molecule has 0 saturated heterocycles. The minimum atomic E-state index is -0.637. The van der Waals surface area contributed by atoms with Crippen LogP contribution >= 0.6 is 0 Å². The van der Waals surface area contributed by atoms with Gasteiger partial charge in [-0.15, -0.1) is 0 Å². The Kier molecular flexibility index (Phi) is 4.31. The number of hydrogen-bond donors (Lipinski definition) is 1. The van der Waals surface area contributed by atoms with Crippen LogP contribution in [0.3, 0.4) is 0 Å². The Hall–Kier alpha value is -1.55. The Bertz CT molecular complexity index is 343. The van der Waals surface area contributed by atoms with E-state index in [0.717, 1.165) is 5.56 Å². The molecule has 1 aromatic carbocycles. The Morgan fingerprint density at radius 1 is 1.25 bits per heavy atom. The maximum atomic E-state index is 11.1. The van der Waals surface area contributed by atoms with Gasteiger partial charge in [-0.25, -0.2) is 4.79 Å². The zero-order valence-electron chi connectivity index (χ0n) is 9.64. The molecule has 0 spiro atoms. The van der Waals surface area contributed by atoms with E-state index in [4.69, 9.17) is 4.74 Å². The molecule has 1 unspecified atom stereocenters. The summed E-state index contributed by atoms with van der Waals surface area (Å²) in [4.78, 5) is 11.1. The van der Waals surface area contributed by atoms with Crippen molar-refractivity contribution in [2.75, 3.05) is 7.11 Å². The van der Waals surface area contributed by atoms with Crippen LogP contribution in [-0.4, -0.2) is 24.3 Å². The molecule has 0 aromatic heterocycles. The van der Waals surface area contributed by atoms with E-state index >= 15 is 0 Å². The van der Waals surface area contributed by atoms with Gasteiger partial charge in [-0.3, -0.25) is 0 Å². The van der Waals surface area contributed by atoms with Crippen LogP contribution in [0.15, 0.2) is 24.3 Å². The molecule has 88 valence electrons. The van der Waals surface area contributed by atoms with E-state index in [2.05, 4.69) is 4.74 Å². The number of esters is 1. The van der Waals surface area contributed by atoms with Gasteiger partial charge in [0.05, 0.1) is 13.2 Å². The Labute approximate surface area is 94.8 Å². The maximum Gasteiger partial charge on any atom is 0.346 e. The van der Waals surface area contributed by atoms with Gasteiger partial charge < -0.3 is 14.6 Å². The monoisotopic (exact) mass is 224 g/mol. The Morgan fingerprint density at radius 2 is 1.81 bits per heavy atom. The van der Waals surface area contributed by atoms with Crippen molar-refractivity contribution < 1.29 is 19.4 Å². The first-order valence-electron chi connectivity index (χ1n) is 5.07. The number of rotatable bonds is 4. The lowest BCUT2D eigenvalue weighted by Gasteiger charge is -2.13. The van der Waals surface area contributed by atoms with Gasteiger partial charge in [-0.05, 0) is 31.5 Å². The minimum absolute atomic E-state index is 0.417. The zero-order chi connectivity index (χ0) is 12.1. The van der Waals surface area contributed by atoms with Crippen molar-refractivity contribution in [1.29, 1.82) is 0 Å². The molecule has 0 aliphatic carbocycles. The highest BCUT2D eigenvalue weighted by atomic mass is 16.6. The van der Waals surface area contributed by atoms with Gasteiger partial charge in [0.25, 0.3) is 0 Å². The van der Waals surface area contributed by atoms with Crippen molar-refractivity contribution in [2.45, 2.75) is 26.1 Å². The van der Waals surface area contributed by atoms with Gasteiger partial charge in [-0.2, -0.15) is 0 Å². The molecule has 16 heavy (non-hydrogen) atoms. The summed E-state index contributed by atoms with van der Waals surface area (Å²) in [5.74, 6) is 0.155. The minimum Gasteiger partial charge on any atom is -0.479 e. The number of methoxy groups -OCH3 is 1. The van der Waals surface area contributed by atoms with Crippen LogP contribution in [0.5, 0.6) is 5.75 Å². The van der Waals surface area contributed by atoms with Gasteiger partial charge in [-0.1, -0.05) is 12.1 Å². The smallest absolute Gasteiger partial charge is 0.346 e. The van der Waals surface area contributed by atoms with E-state index in [1.54, 1.807) is 38.1 Å². The zero-order valence-corrected chi connectivity index (χ0v) is 9.64. The summed E-state index contributed by atoms with van der Waals surface area (Å²) >= 11 is 0. The van der Waals surface area contributed by atoms with Crippen LogP contribution in [0.2, 0.25) is 0 Å². The Balaban J connectivity index is 2.65. The molecule has 0 aliphatic heterocycles. The van der Waals surface area contributed by atoms with Crippen molar-refractivity contribution in [3.8, 4) is 5.75 Å². The summed E-state index contributed by atoms with van der Waals surface area (Å²) in [5.41, 5.74) is 0.804. The van der Waals surface area contributed by atoms with Crippen LogP contribution in [0.1, 0.15) is 25.5 Å². The molecule has 0 aliphatic rings. The molecule has 0 fully saturated rings. The Morgan fingerprint density at radius 3 is 2.25 bits per heavy atom. The highest BCUT2D eigenvalue weighted by molar-refractivity contribution is 5.74. The van der Waals surface area contributed by atoms with Gasteiger partial charge in [0.2, 0.25) is 0 Å². The molecule has 2 atom stereocenters. The summed E-state index contributed by atoms with van der Waals surface area (Å²) < 4.78 is 9.89. The van der Waals surface area contributed by atoms with Crippen LogP contribution in [-0.2, 0) is 9.53 Å². The molecule has 4 nitrogen and oxygen atoms in total. The van der Waals surface area contributed by atoms with Crippen molar-refractivity contribution >= 4 is 5.97 Å². The lowest BCUT2D eigenvalue weighted by molar-refractivity contribution is -0.147. The number of aliphatic hydroxyl groups is 1. The fourth-order valence-electron chi connectivity index (χ4n) is 1.24. The molecule has 0 heterocycles. The second kappa shape index (κ2) is 5.51. The van der Waals surface area contributed by atoms with Crippen molar-refractivity contribution in [2.24, 2.45) is 0 Å². The van der Waals surface area contributed by atoms with Gasteiger partial charge in [0.15, 0.2) is 6.10 Å². The molecule has 0 bridgehead atoms. The standard InChI is InChI=1S/C12H16O4/c1-8(13)10-4-6-11(7-5-10)16-9(2)12(14)15-3/h4-9,13H,1-3H3/t8-,9?/m0/s1.